The Morgan fingerprint density at radius 3 is 2.80 bits per heavy atom. The molecule has 9 heteroatoms. The molecule has 0 saturated carbocycles. The second kappa shape index (κ2) is 8.16. The fraction of sp³-hybridized carbons (Fsp3) is 0.238. The van der Waals surface area contributed by atoms with Crippen molar-refractivity contribution in [3.05, 3.63) is 58.7 Å². The number of nitrogens with one attached hydrogen (secondary N) is 2. The van der Waals surface area contributed by atoms with Gasteiger partial charge in [0.15, 0.2) is 0 Å². The summed E-state index contributed by atoms with van der Waals surface area (Å²) in [7, 11) is 3.32. The minimum Gasteiger partial charge on any atom is -0.492 e. The molecule has 8 nitrogen and oxygen atoms in total. The van der Waals surface area contributed by atoms with Crippen LogP contribution in [0.25, 0.3) is 11.3 Å². The molecule has 0 radical (unpaired) electrons. The molecule has 154 valence electrons. The van der Waals surface area contributed by atoms with Crippen LogP contribution in [0.1, 0.15) is 15.9 Å². The van der Waals surface area contributed by atoms with E-state index in [1.807, 2.05) is 12.1 Å². The number of aromatic nitrogens is 3. The molecule has 2 amide bonds. The predicted octanol–water partition coefficient (Wildman–Crippen LogP) is 3.02. The number of amides is 2. The highest BCUT2D eigenvalue weighted by molar-refractivity contribution is 6.30. The van der Waals surface area contributed by atoms with Gasteiger partial charge in [0.05, 0.1) is 23.4 Å². The van der Waals surface area contributed by atoms with Gasteiger partial charge in [0.1, 0.15) is 18.1 Å². The molecule has 30 heavy (non-hydrogen) atoms. The predicted molar refractivity (Wildman–Crippen MR) is 113 cm³/mol. The molecule has 2 aromatic carbocycles. The summed E-state index contributed by atoms with van der Waals surface area (Å²) in [6.07, 6.45) is 2.08. The maximum absolute atomic E-state index is 12.9. The Labute approximate surface area is 178 Å². The van der Waals surface area contributed by atoms with Crippen molar-refractivity contribution in [2.45, 2.75) is 6.42 Å². The van der Waals surface area contributed by atoms with Crippen LogP contribution in [0.15, 0.2) is 42.6 Å². The lowest BCUT2D eigenvalue weighted by Gasteiger charge is -2.25. The van der Waals surface area contributed by atoms with E-state index in [9.17, 15) is 9.59 Å². The molecule has 1 unspecified atom stereocenters. The van der Waals surface area contributed by atoms with Gasteiger partial charge >= 0.3 is 0 Å². The fourth-order valence-corrected chi connectivity index (χ4v) is 3.53. The van der Waals surface area contributed by atoms with Crippen LogP contribution in [0, 0.1) is 5.92 Å². The van der Waals surface area contributed by atoms with Crippen LogP contribution >= 0.6 is 11.6 Å². The SMILES string of the molecule is CN(C)C(=O)c1cc(-c2cn[nH]n2)ccc1NC(=O)C1COc2ccc(Cl)cc2C1. The third-order valence-electron chi connectivity index (χ3n) is 4.92. The first kappa shape index (κ1) is 19.9. The highest BCUT2D eigenvalue weighted by atomic mass is 35.5. The lowest BCUT2D eigenvalue weighted by Crippen LogP contribution is -2.33. The molecule has 4 rings (SSSR count). The van der Waals surface area contributed by atoms with Crippen molar-refractivity contribution in [2.75, 3.05) is 26.0 Å². The van der Waals surface area contributed by atoms with Gasteiger partial charge in [0.25, 0.3) is 5.91 Å². The Balaban J connectivity index is 1.59. The monoisotopic (exact) mass is 425 g/mol. The Bertz CT molecular complexity index is 1100. The van der Waals surface area contributed by atoms with Gasteiger partial charge in [0.2, 0.25) is 5.91 Å². The molecule has 0 spiro atoms. The number of halogens is 1. The van der Waals surface area contributed by atoms with Gasteiger partial charge in [-0.3, -0.25) is 9.59 Å². The van der Waals surface area contributed by atoms with Crippen molar-refractivity contribution >= 4 is 29.1 Å². The first-order valence-corrected chi connectivity index (χ1v) is 9.74. The van der Waals surface area contributed by atoms with Crippen LogP contribution in [0.5, 0.6) is 5.75 Å². The van der Waals surface area contributed by atoms with Gasteiger partial charge < -0.3 is 15.0 Å². The fourth-order valence-electron chi connectivity index (χ4n) is 3.34. The minimum absolute atomic E-state index is 0.220. The van der Waals surface area contributed by atoms with Crippen molar-refractivity contribution < 1.29 is 14.3 Å². The number of nitrogens with zero attached hydrogens (tertiary/aromatic N) is 3. The summed E-state index contributed by atoms with van der Waals surface area (Å²) < 4.78 is 5.72. The first-order chi connectivity index (χ1) is 14.4. The molecule has 1 aliphatic heterocycles. The molecule has 2 heterocycles. The summed E-state index contributed by atoms with van der Waals surface area (Å²) in [4.78, 5) is 27.1. The third-order valence-corrected chi connectivity index (χ3v) is 5.16. The van der Waals surface area contributed by atoms with Crippen molar-refractivity contribution in [1.82, 2.24) is 20.3 Å². The highest BCUT2D eigenvalue weighted by Crippen LogP contribution is 2.31. The van der Waals surface area contributed by atoms with Crippen LogP contribution in [-0.2, 0) is 11.2 Å². The molecule has 2 N–H and O–H groups in total. The van der Waals surface area contributed by atoms with Crippen LogP contribution in [0.2, 0.25) is 5.02 Å². The van der Waals surface area contributed by atoms with Crippen molar-refractivity contribution in [3.8, 4) is 17.0 Å². The Morgan fingerprint density at radius 1 is 1.23 bits per heavy atom. The summed E-state index contributed by atoms with van der Waals surface area (Å²) in [6.45, 7) is 0.258. The zero-order valence-corrected chi connectivity index (χ0v) is 17.2. The number of carbonyl (C=O) groups excluding carboxylic acids is 2. The number of anilines is 1. The van der Waals surface area contributed by atoms with Crippen molar-refractivity contribution in [1.29, 1.82) is 0 Å². The molecule has 0 bridgehead atoms. The quantitative estimate of drug-likeness (QED) is 0.669. The average molecular weight is 426 g/mol. The lowest BCUT2D eigenvalue weighted by atomic mass is 9.95. The average Bonchev–Trinajstić information content (AvgIpc) is 3.27. The lowest BCUT2D eigenvalue weighted by molar-refractivity contribution is -0.121. The van der Waals surface area contributed by atoms with Crippen LogP contribution in [0.3, 0.4) is 0 Å². The molecule has 0 fully saturated rings. The molecule has 1 aromatic heterocycles. The topological polar surface area (TPSA) is 100 Å². The van der Waals surface area contributed by atoms with E-state index in [0.717, 1.165) is 16.9 Å². The number of carbonyl (C=O) groups is 2. The summed E-state index contributed by atoms with van der Waals surface area (Å²) in [6, 6.07) is 10.6. The molecular formula is C21H20ClN5O3. The maximum Gasteiger partial charge on any atom is 0.255 e. The second-order valence-corrected chi connectivity index (χ2v) is 7.70. The van der Waals surface area contributed by atoms with Gasteiger partial charge in [-0.1, -0.05) is 17.7 Å². The van der Waals surface area contributed by atoms with Crippen LogP contribution < -0.4 is 10.1 Å². The summed E-state index contributed by atoms with van der Waals surface area (Å²) in [5.41, 5.74) is 3.02. The Morgan fingerprint density at radius 2 is 2.07 bits per heavy atom. The van der Waals surface area contributed by atoms with E-state index in [0.29, 0.717) is 28.4 Å². The number of fused-ring (bicyclic) bond motifs is 1. The third kappa shape index (κ3) is 3.99. The number of hydrogen-bond acceptors (Lipinski definition) is 5. The normalized spacial score (nSPS) is 15.1. The smallest absolute Gasteiger partial charge is 0.255 e. The molecule has 3 aromatic rings. The number of benzene rings is 2. The minimum atomic E-state index is -0.395. The van der Waals surface area contributed by atoms with Crippen LogP contribution in [0.4, 0.5) is 5.69 Å². The first-order valence-electron chi connectivity index (χ1n) is 9.36. The summed E-state index contributed by atoms with van der Waals surface area (Å²) in [5, 5.41) is 13.9. The summed E-state index contributed by atoms with van der Waals surface area (Å²) in [5.74, 6) is -0.104. The molecule has 0 saturated heterocycles. The highest BCUT2D eigenvalue weighted by Gasteiger charge is 2.27. The molecule has 1 aliphatic rings. The largest absolute Gasteiger partial charge is 0.492 e. The number of hydrogen-bond donors (Lipinski definition) is 2. The van der Waals surface area contributed by atoms with Gasteiger partial charge in [0, 0.05) is 24.7 Å². The maximum atomic E-state index is 12.9. The second-order valence-electron chi connectivity index (χ2n) is 7.27. The number of aromatic amines is 1. The number of ether oxygens (including phenoxy) is 1. The summed E-state index contributed by atoms with van der Waals surface area (Å²) >= 11 is 6.07. The van der Waals surface area contributed by atoms with E-state index in [1.165, 1.54) is 4.90 Å². The number of rotatable bonds is 4. The van der Waals surface area contributed by atoms with E-state index in [4.69, 9.17) is 16.3 Å². The zero-order valence-electron chi connectivity index (χ0n) is 16.5. The van der Waals surface area contributed by atoms with Gasteiger partial charge in [-0.05, 0) is 42.3 Å². The van der Waals surface area contributed by atoms with E-state index >= 15 is 0 Å². The zero-order chi connectivity index (χ0) is 21.3. The van der Waals surface area contributed by atoms with Gasteiger partial charge in [-0.2, -0.15) is 15.4 Å². The number of H-pyrrole nitrogens is 1. The van der Waals surface area contributed by atoms with Crippen molar-refractivity contribution in [2.24, 2.45) is 5.92 Å². The van der Waals surface area contributed by atoms with E-state index < -0.39 is 5.92 Å². The van der Waals surface area contributed by atoms with E-state index in [1.54, 1.807) is 44.6 Å². The standard InChI is InChI=1S/C21H20ClN5O3/c1-27(2)21(29)16-9-12(18-10-23-26-25-18)3-5-17(16)24-20(28)14-7-13-8-15(22)4-6-19(13)30-11-14/h3-6,8-10,14H,7,11H2,1-2H3,(H,24,28)(H,23,25,26). The van der Waals surface area contributed by atoms with E-state index in [2.05, 4.69) is 20.7 Å². The van der Waals surface area contributed by atoms with Gasteiger partial charge in [-0.15, -0.1) is 0 Å². The van der Waals surface area contributed by atoms with Crippen molar-refractivity contribution in [3.63, 3.8) is 0 Å². The van der Waals surface area contributed by atoms with Gasteiger partial charge in [-0.25, -0.2) is 0 Å². The van der Waals surface area contributed by atoms with Crippen LogP contribution in [-0.4, -0.2) is 52.8 Å². The molecule has 0 aliphatic carbocycles. The Hall–Kier alpha value is -3.39. The Kier molecular flexibility index (Phi) is 5.41. The van der Waals surface area contributed by atoms with E-state index in [-0.39, 0.29) is 18.4 Å². The molecule has 1 atom stereocenters. The molecular weight excluding hydrogens is 406 g/mol.